The molecule has 2 aromatic heterocycles. The Kier molecular flexibility index (Phi) is 6.54. The molecular weight excluding hydrogens is 320 g/mol. The standard InChI is InChI=1S/C17H26N6S/c1-6-18-17(20-11-15-12(2)21-13(3)24-15)19-10-14-8-7-9-16(22-14)23(4)5/h7-9H,6,10-11H2,1-5H3,(H2,18,19,20). The van der Waals surface area contributed by atoms with Gasteiger partial charge in [0.15, 0.2) is 5.96 Å². The molecule has 0 amide bonds. The van der Waals surface area contributed by atoms with Crippen LogP contribution in [0.3, 0.4) is 0 Å². The fourth-order valence-electron chi connectivity index (χ4n) is 2.21. The maximum Gasteiger partial charge on any atom is 0.191 e. The molecule has 2 aromatic rings. The summed E-state index contributed by atoms with van der Waals surface area (Å²) in [6.45, 7) is 8.22. The molecule has 0 aliphatic carbocycles. The van der Waals surface area contributed by atoms with Gasteiger partial charge in [-0.05, 0) is 32.9 Å². The molecule has 24 heavy (non-hydrogen) atoms. The number of aliphatic imine (C=N–C) groups is 1. The number of hydrogen-bond donors (Lipinski definition) is 2. The van der Waals surface area contributed by atoms with Crippen LogP contribution in [0, 0.1) is 13.8 Å². The lowest BCUT2D eigenvalue weighted by Gasteiger charge is -2.13. The van der Waals surface area contributed by atoms with Crippen molar-refractivity contribution in [3.05, 3.63) is 39.5 Å². The highest BCUT2D eigenvalue weighted by molar-refractivity contribution is 7.11. The lowest BCUT2D eigenvalue weighted by Crippen LogP contribution is -2.36. The van der Waals surface area contributed by atoms with Crippen LogP contribution in [0.1, 0.15) is 28.2 Å². The molecule has 2 N–H and O–H groups in total. The Morgan fingerprint density at radius 1 is 1.21 bits per heavy atom. The molecule has 2 heterocycles. The third-order valence-electron chi connectivity index (χ3n) is 3.41. The molecule has 0 atom stereocenters. The maximum atomic E-state index is 4.63. The largest absolute Gasteiger partial charge is 0.363 e. The summed E-state index contributed by atoms with van der Waals surface area (Å²) in [4.78, 5) is 16.9. The lowest BCUT2D eigenvalue weighted by atomic mass is 10.3. The number of hydrogen-bond acceptors (Lipinski definition) is 5. The van der Waals surface area contributed by atoms with E-state index in [4.69, 9.17) is 0 Å². The number of aryl methyl sites for hydroxylation is 2. The zero-order valence-electron chi connectivity index (χ0n) is 15.1. The average molecular weight is 347 g/mol. The predicted octanol–water partition coefficient (Wildman–Crippen LogP) is 2.48. The Balaban J connectivity index is 2.02. The summed E-state index contributed by atoms with van der Waals surface area (Å²) in [5, 5.41) is 7.73. The number of pyridine rings is 1. The maximum absolute atomic E-state index is 4.63. The van der Waals surface area contributed by atoms with Gasteiger partial charge in [-0.1, -0.05) is 6.07 Å². The fraction of sp³-hybridized carbons (Fsp3) is 0.471. The molecule has 7 heteroatoms. The SMILES string of the molecule is CCNC(=NCc1cccc(N(C)C)n1)NCc1sc(C)nc1C. The van der Waals surface area contributed by atoms with Crippen LogP contribution in [-0.4, -0.2) is 36.6 Å². The van der Waals surface area contributed by atoms with E-state index in [0.29, 0.717) is 6.54 Å². The summed E-state index contributed by atoms with van der Waals surface area (Å²) >= 11 is 1.72. The van der Waals surface area contributed by atoms with Crippen LogP contribution in [-0.2, 0) is 13.1 Å². The molecule has 0 aliphatic heterocycles. The van der Waals surface area contributed by atoms with E-state index in [0.717, 1.165) is 41.3 Å². The van der Waals surface area contributed by atoms with Gasteiger partial charge < -0.3 is 15.5 Å². The van der Waals surface area contributed by atoms with Gasteiger partial charge in [0.2, 0.25) is 0 Å². The highest BCUT2D eigenvalue weighted by Crippen LogP contribution is 2.16. The third-order valence-corrected chi connectivity index (χ3v) is 4.48. The van der Waals surface area contributed by atoms with Crippen LogP contribution in [0.5, 0.6) is 0 Å². The van der Waals surface area contributed by atoms with E-state index < -0.39 is 0 Å². The van der Waals surface area contributed by atoms with E-state index in [1.165, 1.54) is 4.88 Å². The molecule has 0 fully saturated rings. The first kappa shape index (κ1) is 18.2. The smallest absolute Gasteiger partial charge is 0.191 e. The Bertz CT molecular complexity index is 692. The minimum atomic E-state index is 0.539. The van der Waals surface area contributed by atoms with Crippen molar-refractivity contribution in [2.75, 3.05) is 25.5 Å². The average Bonchev–Trinajstić information content (AvgIpc) is 2.88. The third kappa shape index (κ3) is 5.19. The van der Waals surface area contributed by atoms with E-state index in [9.17, 15) is 0 Å². The van der Waals surface area contributed by atoms with E-state index in [1.807, 2.05) is 51.0 Å². The van der Waals surface area contributed by atoms with Crippen molar-refractivity contribution in [3.63, 3.8) is 0 Å². The molecule has 0 radical (unpaired) electrons. The van der Waals surface area contributed by atoms with Crippen molar-refractivity contribution in [1.29, 1.82) is 0 Å². The Morgan fingerprint density at radius 3 is 2.62 bits per heavy atom. The van der Waals surface area contributed by atoms with Crippen molar-refractivity contribution < 1.29 is 0 Å². The van der Waals surface area contributed by atoms with Gasteiger partial charge in [-0.3, -0.25) is 0 Å². The summed E-state index contributed by atoms with van der Waals surface area (Å²) in [6.07, 6.45) is 0. The minimum absolute atomic E-state index is 0.539. The second-order valence-electron chi connectivity index (χ2n) is 5.67. The molecule has 0 aromatic carbocycles. The number of nitrogens with zero attached hydrogens (tertiary/aromatic N) is 4. The van der Waals surface area contributed by atoms with E-state index >= 15 is 0 Å². The number of aromatic nitrogens is 2. The molecular formula is C17H26N6S. The molecule has 0 unspecified atom stereocenters. The second kappa shape index (κ2) is 8.63. The van der Waals surface area contributed by atoms with E-state index in [1.54, 1.807) is 11.3 Å². The van der Waals surface area contributed by atoms with Gasteiger partial charge in [-0.25, -0.2) is 15.0 Å². The molecule has 0 saturated carbocycles. The lowest BCUT2D eigenvalue weighted by molar-refractivity contribution is 0.814. The highest BCUT2D eigenvalue weighted by Gasteiger charge is 2.06. The first-order valence-corrected chi connectivity index (χ1v) is 8.89. The van der Waals surface area contributed by atoms with Crippen LogP contribution in [0.25, 0.3) is 0 Å². The molecule has 0 bridgehead atoms. The number of thiazole rings is 1. The van der Waals surface area contributed by atoms with Crippen LogP contribution in [0.2, 0.25) is 0 Å². The minimum Gasteiger partial charge on any atom is -0.363 e. The topological polar surface area (TPSA) is 65.4 Å². The van der Waals surface area contributed by atoms with Gasteiger partial charge in [-0.15, -0.1) is 11.3 Å². The van der Waals surface area contributed by atoms with Gasteiger partial charge in [0.25, 0.3) is 0 Å². The monoisotopic (exact) mass is 346 g/mol. The van der Waals surface area contributed by atoms with Gasteiger partial charge in [0, 0.05) is 25.5 Å². The predicted molar refractivity (Wildman–Crippen MR) is 102 cm³/mol. The van der Waals surface area contributed by atoms with Gasteiger partial charge in [0.1, 0.15) is 5.82 Å². The number of rotatable bonds is 6. The zero-order chi connectivity index (χ0) is 17.5. The quantitative estimate of drug-likeness (QED) is 0.621. The molecule has 0 spiro atoms. The van der Waals surface area contributed by atoms with Gasteiger partial charge >= 0.3 is 0 Å². The van der Waals surface area contributed by atoms with E-state index in [2.05, 4.69) is 32.5 Å². The van der Waals surface area contributed by atoms with Crippen molar-refractivity contribution in [3.8, 4) is 0 Å². The van der Waals surface area contributed by atoms with E-state index in [-0.39, 0.29) is 0 Å². The molecule has 130 valence electrons. The van der Waals surface area contributed by atoms with Crippen LogP contribution in [0.15, 0.2) is 23.2 Å². The Hall–Kier alpha value is -2.15. The number of guanidine groups is 1. The summed E-state index contributed by atoms with van der Waals surface area (Å²) in [5.74, 6) is 1.73. The Morgan fingerprint density at radius 2 is 2.00 bits per heavy atom. The first-order chi connectivity index (χ1) is 11.5. The molecule has 2 rings (SSSR count). The molecule has 0 saturated heterocycles. The Labute approximate surface area is 148 Å². The normalized spacial score (nSPS) is 11.5. The second-order valence-corrected chi connectivity index (χ2v) is 6.96. The van der Waals surface area contributed by atoms with Crippen molar-refractivity contribution in [2.24, 2.45) is 4.99 Å². The summed E-state index contributed by atoms with van der Waals surface area (Å²) in [7, 11) is 3.97. The van der Waals surface area contributed by atoms with Crippen molar-refractivity contribution >= 4 is 23.1 Å². The van der Waals surface area contributed by atoms with Crippen LogP contribution < -0.4 is 15.5 Å². The summed E-state index contributed by atoms with van der Waals surface area (Å²) in [5.41, 5.74) is 2.03. The molecule has 6 nitrogen and oxygen atoms in total. The first-order valence-electron chi connectivity index (χ1n) is 8.08. The van der Waals surface area contributed by atoms with Crippen LogP contribution in [0.4, 0.5) is 5.82 Å². The fourth-order valence-corrected chi connectivity index (χ4v) is 3.08. The zero-order valence-corrected chi connectivity index (χ0v) is 15.9. The molecule has 0 aliphatic rings. The number of nitrogens with one attached hydrogen (secondary N) is 2. The highest BCUT2D eigenvalue weighted by atomic mass is 32.1. The van der Waals surface area contributed by atoms with Gasteiger partial charge in [0.05, 0.1) is 29.5 Å². The summed E-state index contributed by atoms with van der Waals surface area (Å²) < 4.78 is 0. The van der Waals surface area contributed by atoms with Crippen molar-refractivity contribution in [1.82, 2.24) is 20.6 Å². The number of anilines is 1. The van der Waals surface area contributed by atoms with Crippen LogP contribution >= 0.6 is 11.3 Å². The summed E-state index contributed by atoms with van der Waals surface area (Å²) in [6, 6.07) is 6.00. The van der Waals surface area contributed by atoms with Gasteiger partial charge in [-0.2, -0.15) is 0 Å². The van der Waals surface area contributed by atoms with Crippen molar-refractivity contribution in [2.45, 2.75) is 33.9 Å².